The Morgan fingerprint density at radius 3 is 0.388 bits per heavy atom. The van der Waals surface area contributed by atoms with Crippen molar-refractivity contribution in [2.45, 2.75) is 143 Å². The number of hydrogen-bond donors (Lipinski definition) is 0. The molecule has 0 bridgehead atoms. The van der Waals surface area contributed by atoms with Gasteiger partial charge >= 0.3 is 143 Å². The summed E-state index contributed by atoms with van der Waals surface area (Å²) in [5.74, 6) is -206. The van der Waals surface area contributed by atoms with Gasteiger partial charge in [-0.3, -0.25) is 0 Å². The molecule has 0 rings (SSSR count). The largest absolute Gasteiger partial charge is 0.460 e. The SMILES string of the molecule is FC(F)(F)C(F)(F)C(F)(F)C(F)(F)/C=C(/C(=C/C(F)(F)C(F)(F)C(F)(F)C(F)(F)F)C(F)(F)C(F)(F)C(F)(F)C(F)(F)C(F)(F)C(F)(F)C(F)(F)C(F)(F)F)C(F)(F)C(F)(F)C(F)(F)C(F)(F)C(F)(F)C(F)(F)C(F)(F)C(F)(F)F. The zero-order valence-corrected chi connectivity index (χ0v) is 33.8. The lowest BCUT2D eigenvalue weighted by Gasteiger charge is -2.45. The lowest BCUT2D eigenvalue weighted by molar-refractivity contribution is -0.461. The summed E-state index contributed by atoms with van der Waals surface area (Å²) in [6, 6.07) is 0. The van der Waals surface area contributed by atoms with Gasteiger partial charge in [0.2, 0.25) is 0 Å². The second-order valence-corrected chi connectivity index (χ2v) is 14.7. The van der Waals surface area contributed by atoms with Gasteiger partial charge in [-0.05, 0) is 0 Å². The first-order valence-corrected chi connectivity index (χ1v) is 16.7. The first kappa shape index (κ1) is 75.8. The van der Waals surface area contributed by atoms with Crippen LogP contribution in [0.25, 0.3) is 0 Å². The van der Waals surface area contributed by atoms with Crippen LogP contribution < -0.4 is 0 Å². The molecule has 0 aliphatic heterocycles. The van der Waals surface area contributed by atoms with Gasteiger partial charge < -0.3 is 0 Å². The molecule has 0 aromatic carbocycles. The summed E-state index contributed by atoms with van der Waals surface area (Å²) in [6.45, 7) is 0. The van der Waals surface area contributed by atoms with Gasteiger partial charge in [-0.2, -0.15) is 228 Å². The third-order valence-electron chi connectivity index (χ3n) is 9.40. The lowest BCUT2D eigenvalue weighted by Crippen LogP contribution is -2.75. The van der Waals surface area contributed by atoms with Gasteiger partial charge in [-0.1, -0.05) is 0 Å². The molecule has 0 nitrogen and oxygen atoms in total. The summed E-state index contributed by atoms with van der Waals surface area (Å²) >= 11 is 0. The maximum atomic E-state index is 15.5. The zero-order chi connectivity index (χ0) is 66.6. The van der Waals surface area contributed by atoms with E-state index in [2.05, 4.69) is 0 Å². The summed E-state index contributed by atoms with van der Waals surface area (Å²) in [5.41, 5.74) is -15.6. The molecule has 0 aromatic rings. The van der Waals surface area contributed by atoms with Gasteiger partial charge in [0.1, 0.15) is 0 Å². The van der Waals surface area contributed by atoms with E-state index in [4.69, 9.17) is 0 Å². The standard InChI is InChI=1S/C28H2F52/c29-5(30,9(37,38)21(61,62)25(69,70)71)1-3(7(33,34)11(41,42)13(45,46)15(49,50)17(53,54)19(57,58)23(65,66)27(75,76)77)4(2-6(31,32)10(39,40)22(63,64)26(72,73)74)8(35,36)12(43,44)14(47,48)16(51,52)18(55,56)20(59,60)24(67,68)28(78,79)80/h1-2H/b3-1-,4-2-. The molecule has 0 spiro atoms. The normalized spacial score (nSPS) is 17.6. The lowest BCUT2D eigenvalue weighted by atomic mass is 9.79. The number of hydrogen-bond acceptors (Lipinski definition) is 0. The Kier molecular flexibility index (Phi) is 17.7. The van der Waals surface area contributed by atoms with Crippen LogP contribution >= 0.6 is 0 Å². The minimum atomic E-state index is -11.1. The van der Waals surface area contributed by atoms with Crippen molar-refractivity contribution in [3.8, 4) is 0 Å². The Bertz CT molecular complexity index is 2130. The Balaban J connectivity index is 10.6. The second kappa shape index (κ2) is 18.7. The van der Waals surface area contributed by atoms with E-state index in [-0.39, 0.29) is 0 Å². The third kappa shape index (κ3) is 9.62. The van der Waals surface area contributed by atoms with Gasteiger partial charge in [0, 0.05) is 23.3 Å². The van der Waals surface area contributed by atoms with Crippen molar-refractivity contribution >= 4 is 0 Å². The number of allylic oxidation sites excluding steroid dienone is 4. The van der Waals surface area contributed by atoms with Crippen LogP contribution in [0.4, 0.5) is 228 Å². The molecule has 0 saturated carbocycles. The van der Waals surface area contributed by atoms with E-state index in [1.807, 2.05) is 0 Å². The van der Waals surface area contributed by atoms with E-state index in [1.54, 1.807) is 0 Å². The van der Waals surface area contributed by atoms with Crippen molar-refractivity contribution in [1.82, 2.24) is 0 Å². The van der Waals surface area contributed by atoms with Crippen molar-refractivity contribution in [3.05, 3.63) is 23.3 Å². The van der Waals surface area contributed by atoms with Crippen LogP contribution in [0, 0.1) is 0 Å². The van der Waals surface area contributed by atoms with Gasteiger partial charge in [-0.15, -0.1) is 0 Å². The highest BCUT2D eigenvalue weighted by molar-refractivity contribution is 5.49. The molecular formula is C28H2F52. The molecule has 0 unspecified atom stereocenters. The molecule has 0 heterocycles. The van der Waals surface area contributed by atoms with Crippen molar-refractivity contribution in [3.63, 3.8) is 0 Å². The van der Waals surface area contributed by atoms with Crippen molar-refractivity contribution in [1.29, 1.82) is 0 Å². The van der Waals surface area contributed by atoms with E-state index in [0.29, 0.717) is 0 Å². The van der Waals surface area contributed by atoms with Crippen molar-refractivity contribution < 1.29 is 228 Å². The number of rotatable bonds is 21. The van der Waals surface area contributed by atoms with E-state index >= 15 is 17.6 Å². The van der Waals surface area contributed by atoms with E-state index < -0.39 is 166 Å². The van der Waals surface area contributed by atoms with Crippen molar-refractivity contribution in [2.24, 2.45) is 0 Å². The van der Waals surface area contributed by atoms with Gasteiger partial charge in [0.15, 0.2) is 0 Å². The van der Waals surface area contributed by atoms with Crippen LogP contribution in [0.15, 0.2) is 23.3 Å². The fourth-order valence-corrected chi connectivity index (χ4v) is 4.66. The number of halogens is 52. The second-order valence-electron chi connectivity index (χ2n) is 14.7. The predicted molar refractivity (Wildman–Crippen MR) is 139 cm³/mol. The average molecular weight is 1330 g/mol. The van der Waals surface area contributed by atoms with Crippen LogP contribution in [-0.2, 0) is 0 Å². The van der Waals surface area contributed by atoms with Crippen molar-refractivity contribution in [2.75, 3.05) is 0 Å². The van der Waals surface area contributed by atoms with Crippen LogP contribution in [0.2, 0.25) is 0 Å². The summed E-state index contributed by atoms with van der Waals surface area (Å²) in [7, 11) is 0. The Labute approximate surface area is 396 Å². The Morgan fingerprint density at radius 1 is 0.138 bits per heavy atom. The summed E-state index contributed by atoms with van der Waals surface area (Å²) in [5, 5.41) is 0. The first-order chi connectivity index (χ1) is 33.4. The average Bonchev–Trinajstić information content (AvgIpc) is 3.18. The van der Waals surface area contributed by atoms with Gasteiger partial charge in [0.05, 0.1) is 0 Å². The summed E-state index contributed by atoms with van der Waals surface area (Å²) < 4.78 is 721. The van der Waals surface area contributed by atoms with E-state index in [0.717, 1.165) is 0 Å². The molecule has 478 valence electrons. The Hall–Kier alpha value is -4.16. The molecule has 0 radical (unpaired) electrons. The molecule has 0 atom stereocenters. The van der Waals surface area contributed by atoms with Gasteiger partial charge in [-0.25, -0.2) is 0 Å². The van der Waals surface area contributed by atoms with Crippen LogP contribution in [0.5, 0.6) is 0 Å². The molecule has 0 aliphatic rings. The Morgan fingerprint density at radius 2 is 0.250 bits per heavy atom. The highest BCUT2D eigenvalue weighted by Gasteiger charge is 2.98. The van der Waals surface area contributed by atoms with Gasteiger partial charge in [0.25, 0.3) is 0 Å². The molecule has 0 saturated heterocycles. The minimum Gasteiger partial charge on any atom is -0.195 e. The quantitative estimate of drug-likeness (QED) is 0.0794. The molecule has 0 N–H and O–H groups in total. The molecule has 0 aliphatic carbocycles. The predicted octanol–water partition coefficient (Wildman–Crippen LogP) is 17.8. The summed E-state index contributed by atoms with van der Waals surface area (Å²) in [4.78, 5) is 0. The summed E-state index contributed by atoms with van der Waals surface area (Å²) in [6.07, 6.45) is -46.2. The van der Waals surface area contributed by atoms with E-state index in [1.165, 1.54) is 0 Å². The molecule has 0 aromatic heterocycles. The first-order valence-electron chi connectivity index (χ1n) is 16.7. The van der Waals surface area contributed by atoms with Crippen LogP contribution in [0.3, 0.4) is 0 Å². The third-order valence-corrected chi connectivity index (χ3v) is 9.40. The highest BCUT2D eigenvalue weighted by Crippen LogP contribution is 2.70. The fraction of sp³-hybridized carbons (Fsp3) is 0.857. The maximum absolute atomic E-state index is 15.5. The molecule has 0 amide bonds. The molecular weight excluding hydrogens is 1320 g/mol. The maximum Gasteiger partial charge on any atom is 0.460 e. The smallest absolute Gasteiger partial charge is 0.195 e. The molecule has 80 heavy (non-hydrogen) atoms. The van der Waals surface area contributed by atoms with Crippen LogP contribution in [-0.4, -0.2) is 143 Å². The molecule has 0 fully saturated rings. The monoisotopic (exact) mass is 1330 g/mol. The number of alkyl halides is 52. The van der Waals surface area contributed by atoms with Crippen LogP contribution in [0.1, 0.15) is 0 Å². The zero-order valence-electron chi connectivity index (χ0n) is 33.8. The minimum absolute atomic E-state index is 5.28. The topological polar surface area (TPSA) is 0 Å². The van der Waals surface area contributed by atoms with E-state index in [9.17, 15) is 211 Å². The fourth-order valence-electron chi connectivity index (χ4n) is 4.66. The highest BCUT2D eigenvalue weighted by atomic mass is 19.5. The molecule has 52 heteroatoms.